The van der Waals surface area contributed by atoms with Crippen LogP contribution in [0.2, 0.25) is 0 Å². The summed E-state index contributed by atoms with van der Waals surface area (Å²) in [5.74, 6) is -0.242. The van der Waals surface area contributed by atoms with Crippen LogP contribution < -0.4 is 5.73 Å². The molecule has 0 unspecified atom stereocenters. The molecular formula is C13H16FN3S. The number of rotatable bonds is 3. The van der Waals surface area contributed by atoms with Crippen molar-refractivity contribution in [3.8, 4) is 0 Å². The molecule has 1 atom stereocenters. The summed E-state index contributed by atoms with van der Waals surface area (Å²) >= 11 is 1.37. The molecule has 2 N–H and O–H groups in total. The van der Waals surface area contributed by atoms with Gasteiger partial charge in [0.25, 0.3) is 0 Å². The van der Waals surface area contributed by atoms with E-state index in [-0.39, 0.29) is 11.9 Å². The Bertz CT molecular complexity index is 563. The van der Waals surface area contributed by atoms with Gasteiger partial charge in [-0.2, -0.15) is 5.10 Å². The van der Waals surface area contributed by atoms with E-state index in [1.807, 2.05) is 33.0 Å². The van der Waals surface area contributed by atoms with Gasteiger partial charge in [-0.1, -0.05) is 17.8 Å². The fraction of sp³-hybridized carbons (Fsp3) is 0.308. The lowest BCUT2D eigenvalue weighted by molar-refractivity contribution is 0.596. The first-order chi connectivity index (χ1) is 8.47. The Kier molecular flexibility index (Phi) is 3.73. The maximum Gasteiger partial charge on any atom is 0.137 e. The normalized spacial score (nSPS) is 12.7. The molecule has 2 rings (SSSR count). The van der Waals surface area contributed by atoms with Crippen LogP contribution in [0, 0.1) is 12.7 Å². The highest BCUT2D eigenvalue weighted by atomic mass is 32.2. The predicted octanol–water partition coefficient (Wildman–Crippen LogP) is 3.04. The second-order valence-electron chi connectivity index (χ2n) is 4.33. The minimum atomic E-state index is -0.242. The van der Waals surface area contributed by atoms with Crippen LogP contribution in [-0.2, 0) is 7.05 Å². The van der Waals surface area contributed by atoms with Crippen molar-refractivity contribution in [2.75, 3.05) is 0 Å². The number of nitrogens with two attached hydrogens (primary N) is 1. The summed E-state index contributed by atoms with van der Waals surface area (Å²) in [7, 11) is 1.85. The summed E-state index contributed by atoms with van der Waals surface area (Å²) in [4.78, 5) is 0.586. The molecule has 0 fully saturated rings. The Labute approximate surface area is 110 Å². The Morgan fingerprint density at radius 2 is 2.11 bits per heavy atom. The van der Waals surface area contributed by atoms with Gasteiger partial charge in [0.05, 0.1) is 10.7 Å². The Balaban J connectivity index is 2.27. The minimum absolute atomic E-state index is 0.155. The summed E-state index contributed by atoms with van der Waals surface area (Å²) < 4.78 is 15.7. The second-order valence-corrected chi connectivity index (χ2v) is 5.39. The average Bonchev–Trinajstić information content (AvgIpc) is 2.60. The van der Waals surface area contributed by atoms with Gasteiger partial charge in [0.15, 0.2) is 0 Å². The van der Waals surface area contributed by atoms with Gasteiger partial charge >= 0.3 is 0 Å². The second kappa shape index (κ2) is 5.12. The Hall–Kier alpha value is -1.33. The predicted molar refractivity (Wildman–Crippen MR) is 71.1 cm³/mol. The van der Waals surface area contributed by atoms with Crippen molar-refractivity contribution < 1.29 is 4.39 Å². The fourth-order valence-electron chi connectivity index (χ4n) is 1.68. The molecule has 0 aliphatic heterocycles. The van der Waals surface area contributed by atoms with Crippen LogP contribution in [0.1, 0.15) is 24.2 Å². The van der Waals surface area contributed by atoms with E-state index in [1.54, 1.807) is 10.7 Å². The highest BCUT2D eigenvalue weighted by Crippen LogP contribution is 2.31. The van der Waals surface area contributed by atoms with Gasteiger partial charge < -0.3 is 5.73 Å². The van der Waals surface area contributed by atoms with Crippen molar-refractivity contribution in [2.45, 2.75) is 29.8 Å². The van der Waals surface area contributed by atoms with Gasteiger partial charge in [-0.05, 0) is 37.6 Å². The van der Waals surface area contributed by atoms with Crippen molar-refractivity contribution in [1.82, 2.24) is 9.78 Å². The van der Waals surface area contributed by atoms with Crippen LogP contribution in [0.4, 0.5) is 4.39 Å². The maximum atomic E-state index is 13.9. The molecule has 0 bridgehead atoms. The maximum absolute atomic E-state index is 13.9. The molecule has 5 heteroatoms. The monoisotopic (exact) mass is 265 g/mol. The SMILES string of the molecule is Cc1cc(Sc2ccc([C@H](C)N)cc2F)n(C)n1. The van der Waals surface area contributed by atoms with E-state index in [2.05, 4.69) is 5.10 Å². The zero-order valence-electron chi connectivity index (χ0n) is 10.6. The third-order valence-corrected chi connectivity index (χ3v) is 3.80. The Morgan fingerprint density at radius 1 is 1.39 bits per heavy atom. The van der Waals surface area contributed by atoms with Crippen molar-refractivity contribution in [1.29, 1.82) is 0 Å². The molecule has 0 amide bonds. The molecule has 2 aromatic rings. The van der Waals surface area contributed by atoms with Crippen molar-refractivity contribution in [3.63, 3.8) is 0 Å². The highest BCUT2D eigenvalue weighted by Gasteiger charge is 2.10. The molecule has 0 spiro atoms. The molecule has 1 heterocycles. The summed E-state index contributed by atoms with van der Waals surface area (Å²) in [5, 5.41) is 5.15. The molecule has 0 radical (unpaired) electrons. The van der Waals surface area contributed by atoms with Gasteiger partial charge in [-0.3, -0.25) is 4.68 Å². The van der Waals surface area contributed by atoms with Gasteiger partial charge in [-0.15, -0.1) is 0 Å². The number of halogens is 1. The number of hydrogen-bond acceptors (Lipinski definition) is 3. The van der Waals surface area contributed by atoms with E-state index < -0.39 is 0 Å². The van der Waals surface area contributed by atoms with Gasteiger partial charge in [0.1, 0.15) is 5.82 Å². The molecule has 3 nitrogen and oxygen atoms in total. The molecule has 18 heavy (non-hydrogen) atoms. The first-order valence-corrected chi connectivity index (χ1v) is 6.52. The van der Waals surface area contributed by atoms with Crippen LogP contribution in [0.25, 0.3) is 0 Å². The first kappa shape index (κ1) is 13.1. The molecule has 96 valence electrons. The van der Waals surface area contributed by atoms with E-state index in [4.69, 9.17) is 5.73 Å². The van der Waals surface area contributed by atoms with E-state index in [0.29, 0.717) is 4.90 Å². The quantitative estimate of drug-likeness (QED) is 0.927. The van der Waals surface area contributed by atoms with Gasteiger partial charge in [0.2, 0.25) is 0 Å². The fourth-order valence-corrected chi connectivity index (χ4v) is 2.60. The van der Waals surface area contributed by atoms with Gasteiger partial charge in [0, 0.05) is 18.0 Å². The summed E-state index contributed by atoms with van der Waals surface area (Å²) in [5.41, 5.74) is 7.45. The molecular weight excluding hydrogens is 249 g/mol. The molecule has 0 saturated carbocycles. The lowest BCUT2D eigenvalue weighted by atomic mass is 10.1. The van der Waals surface area contributed by atoms with Crippen LogP contribution in [0.3, 0.4) is 0 Å². The summed E-state index contributed by atoms with van der Waals surface area (Å²) in [6.45, 7) is 3.76. The number of aryl methyl sites for hydroxylation is 2. The zero-order chi connectivity index (χ0) is 13.3. The molecule has 1 aromatic heterocycles. The third kappa shape index (κ3) is 2.73. The molecule has 1 aromatic carbocycles. The van der Waals surface area contributed by atoms with E-state index in [0.717, 1.165) is 16.3 Å². The number of hydrogen-bond donors (Lipinski definition) is 1. The highest BCUT2D eigenvalue weighted by molar-refractivity contribution is 7.99. The van der Waals surface area contributed by atoms with Crippen molar-refractivity contribution >= 4 is 11.8 Å². The lowest BCUT2D eigenvalue weighted by Crippen LogP contribution is -2.05. The van der Waals surface area contributed by atoms with E-state index >= 15 is 0 Å². The molecule has 0 aliphatic carbocycles. The standard InChI is InChI=1S/C13H16FN3S/c1-8-6-13(17(3)16-8)18-12-5-4-10(9(2)15)7-11(12)14/h4-7,9H,15H2,1-3H3/t9-/m0/s1. The van der Waals surface area contributed by atoms with E-state index in [9.17, 15) is 4.39 Å². The van der Waals surface area contributed by atoms with Crippen LogP contribution in [0.5, 0.6) is 0 Å². The van der Waals surface area contributed by atoms with Crippen molar-refractivity contribution in [3.05, 3.63) is 41.3 Å². The Morgan fingerprint density at radius 3 is 2.61 bits per heavy atom. The number of nitrogens with zero attached hydrogens (tertiary/aromatic N) is 2. The van der Waals surface area contributed by atoms with Crippen molar-refractivity contribution in [2.24, 2.45) is 12.8 Å². The smallest absolute Gasteiger partial charge is 0.137 e. The molecule has 0 aliphatic rings. The lowest BCUT2D eigenvalue weighted by Gasteiger charge is -2.08. The number of aromatic nitrogens is 2. The van der Waals surface area contributed by atoms with Crippen LogP contribution in [-0.4, -0.2) is 9.78 Å². The minimum Gasteiger partial charge on any atom is -0.324 e. The third-order valence-electron chi connectivity index (χ3n) is 2.66. The molecule has 0 saturated heterocycles. The first-order valence-electron chi connectivity index (χ1n) is 5.71. The van der Waals surface area contributed by atoms with Crippen LogP contribution >= 0.6 is 11.8 Å². The van der Waals surface area contributed by atoms with Crippen LogP contribution in [0.15, 0.2) is 34.2 Å². The van der Waals surface area contributed by atoms with Gasteiger partial charge in [-0.25, -0.2) is 4.39 Å². The average molecular weight is 265 g/mol. The topological polar surface area (TPSA) is 43.8 Å². The van der Waals surface area contributed by atoms with E-state index in [1.165, 1.54) is 17.8 Å². The summed E-state index contributed by atoms with van der Waals surface area (Å²) in [6.07, 6.45) is 0. The number of benzene rings is 1. The largest absolute Gasteiger partial charge is 0.324 e. The summed E-state index contributed by atoms with van der Waals surface area (Å²) in [6, 6.07) is 6.90. The zero-order valence-corrected chi connectivity index (χ0v) is 11.5.